The van der Waals surface area contributed by atoms with Crippen LogP contribution in [0.3, 0.4) is 0 Å². The van der Waals surface area contributed by atoms with Crippen molar-refractivity contribution < 1.29 is 8.42 Å². The summed E-state index contributed by atoms with van der Waals surface area (Å²) in [5.41, 5.74) is 0. The molecule has 100 valence electrons. The van der Waals surface area contributed by atoms with Crippen molar-refractivity contribution in [2.75, 3.05) is 19.6 Å². The minimum absolute atomic E-state index is 0.453. The van der Waals surface area contributed by atoms with Gasteiger partial charge in [0.1, 0.15) is 0 Å². The minimum Gasteiger partial charge on any atom is -0.202 e. The van der Waals surface area contributed by atoms with Crippen molar-refractivity contribution in [1.29, 1.82) is 0 Å². The fraction of sp³-hybridized carbons (Fsp3) is 1.00. The number of rotatable bonds is 4. The van der Waals surface area contributed by atoms with Crippen molar-refractivity contribution in [2.24, 2.45) is 5.92 Å². The van der Waals surface area contributed by atoms with E-state index >= 15 is 0 Å². The van der Waals surface area contributed by atoms with Gasteiger partial charge in [-0.1, -0.05) is 28.8 Å². The summed E-state index contributed by atoms with van der Waals surface area (Å²) in [5, 5.41) is 0. The van der Waals surface area contributed by atoms with Crippen LogP contribution in [-0.4, -0.2) is 37.2 Å². The number of alkyl halides is 1. The largest absolute Gasteiger partial charge is 0.279 e. The Kier molecular flexibility index (Phi) is 4.86. The van der Waals surface area contributed by atoms with E-state index in [0.717, 1.165) is 32.1 Å². The van der Waals surface area contributed by atoms with E-state index in [0.29, 0.717) is 30.4 Å². The second-order valence-electron chi connectivity index (χ2n) is 5.02. The Morgan fingerprint density at radius 2 is 1.82 bits per heavy atom. The van der Waals surface area contributed by atoms with Crippen LogP contribution < -0.4 is 4.72 Å². The summed E-state index contributed by atoms with van der Waals surface area (Å²) in [4.78, 5) is 0.478. The average Bonchev–Trinajstić information content (AvgIpc) is 2.74. The van der Waals surface area contributed by atoms with Gasteiger partial charge in [0, 0.05) is 24.5 Å². The van der Waals surface area contributed by atoms with Crippen LogP contribution in [0.25, 0.3) is 0 Å². The van der Waals surface area contributed by atoms with Crippen LogP contribution >= 0.6 is 15.9 Å². The van der Waals surface area contributed by atoms with Crippen molar-refractivity contribution in [2.45, 2.75) is 43.4 Å². The molecule has 17 heavy (non-hydrogen) atoms. The van der Waals surface area contributed by atoms with E-state index in [2.05, 4.69) is 20.7 Å². The third kappa shape index (κ3) is 3.66. The molecule has 4 nitrogen and oxygen atoms in total. The molecular weight excluding hydrogens is 304 g/mol. The van der Waals surface area contributed by atoms with Crippen LogP contribution in [0, 0.1) is 5.92 Å². The summed E-state index contributed by atoms with van der Waals surface area (Å²) in [6, 6.07) is 0. The SMILES string of the molecule is O=S(=O)(NCC1CCCC1Br)N1CCCCC1. The minimum atomic E-state index is -3.23. The third-order valence-corrected chi connectivity index (χ3v) is 6.53. The van der Waals surface area contributed by atoms with Gasteiger partial charge in [-0.3, -0.25) is 0 Å². The van der Waals surface area contributed by atoms with E-state index in [1.54, 1.807) is 4.31 Å². The number of nitrogens with one attached hydrogen (secondary N) is 1. The molecular formula is C11H21BrN2O2S. The molecule has 1 aliphatic heterocycles. The Labute approximate surface area is 112 Å². The van der Waals surface area contributed by atoms with E-state index < -0.39 is 10.2 Å². The van der Waals surface area contributed by atoms with E-state index in [1.807, 2.05) is 0 Å². The van der Waals surface area contributed by atoms with Crippen LogP contribution in [0.4, 0.5) is 0 Å². The normalized spacial score (nSPS) is 31.8. The standard InChI is InChI=1S/C11H21BrN2O2S/c12-11-6-4-5-10(11)9-13-17(15,16)14-7-2-1-3-8-14/h10-11,13H,1-9H2. The Morgan fingerprint density at radius 1 is 1.12 bits per heavy atom. The van der Waals surface area contributed by atoms with Crippen LogP contribution in [0.2, 0.25) is 0 Å². The lowest BCUT2D eigenvalue weighted by Crippen LogP contribution is -2.45. The number of piperidine rings is 1. The van der Waals surface area contributed by atoms with Crippen LogP contribution in [0.5, 0.6) is 0 Å². The van der Waals surface area contributed by atoms with Gasteiger partial charge in [0.15, 0.2) is 0 Å². The van der Waals surface area contributed by atoms with Gasteiger partial charge in [-0.2, -0.15) is 12.7 Å². The summed E-state index contributed by atoms with van der Waals surface area (Å²) < 4.78 is 28.5. The monoisotopic (exact) mass is 324 g/mol. The maximum Gasteiger partial charge on any atom is 0.279 e. The second kappa shape index (κ2) is 5.99. The molecule has 2 unspecified atom stereocenters. The zero-order valence-corrected chi connectivity index (χ0v) is 12.5. The predicted octanol–water partition coefficient (Wildman–Crippen LogP) is 1.87. The Hall–Kier alpha value is 0.350. The lowest BCUT2D eigenvalue weighted by Gasteiger charge is -2.27. The molecule has 6 heteroatoms. The fourth-order valence-electron chi connectivity index (χ4n) is 2.63. The summed E-state index contributed by atoms with van der Waals surface area (Å²) in [6.07, 6.45) is 6.62. The van der Waals surface area contributed by atoms with E-state index in [-0.39, 0.29) is 0 Å². The molecule has 0 aromatic rings. The quantitative estimate of drug-likeness (QED) is 0.802. The Balaban J connectivity index is 1.84. The van der Waals surface area contributed by atoms with Gasteiger partial charge in [-0.15, -0.1) is 0 Å². The fourth-order valence-corrected chi connectivity index (χ4v) is 4.75. The molecule has 0 aromatic heterocycles. The lowest BCUT2D eigenvalue weighted by atomic mass is 10.1. The van der Waals surface area contributed by atoms with Gasteiger partial charge in [-0.25, -0.2) is 4.72 Å². The molecule has 1 saturated carbocycles. The highest BCUT2D eigenvalue weighted by molar-refractivity contribution is 9.09. The molecule has 0 radical (unpaired) electrons. The first-order valence-electron chi connectivity index (χ1n) is 6.48. The third-order valence-electron chi connectivity index (χ3n) is 3.75. The zero-order chi connectivity index (χ0) is 12.3. The predicted molar refractivity (Wildman–Crippen MR) is 72.4 cm³/mol. The lowest BCUT2D eigenvalue weighted by molar-refractivity contribution is 0.339. The maximum atomic E-state index is 12.0. The molecule has 2 atom stereocenters. The number of halogens is 1. The molecule has 0 bridgehead atoms. The molecule has 0 amide bonds. The van der Waals surface area contributed by atoms with Crippen molar-refractivity contribution in [3.8, 4) is 0 Å². The van der Waals surface area contributed by atoms with E-state index in [4.69, 9.17) is 0 Å². The first-order valence-corrected chi connectivity index (χ1v) is 8.84. The smallest absolute Gasteiger partial charge is 0.202 e. The first-order chi connectivity index (χ1) is 8.09. The summed E-state index contributed by atoms with van der Waals surface area (Å²) in [5.74, 6) is 0.453. The number of hydrogen-bond donors (Lipinski definition) is 1. The van der Waals surface area contributed by atoms with Gasteiger partial charge < -0.3 is 0 Å². The van der Waals surface area contributed by atoms with Crippen LogP contribution in [0.15, 0.2) is 0 Å². The van der Waals surface area contributed by atoms with Gasteiger partial charge in [-0.05, 0) is 31.6 Å². The molecule has 1 saturated heterocycles. The van der Waals surface area contributed by atoms with Gasteiger partial charge in [0.25, 0.3) is 10.2 Å². The summed E-state index contributed by atoms with van der Waals surface area (Å²) in [6.45, 7) is 1.93. The Bertz CT molecular complexity index is 341. The van der Waals surface area contributed by atoms with Gasteiger partial charge >= 0.3 is 0 Å². The molecule has 2 aliphatic rings. The molecule has 0 aromatic carbocycles. The highest BCUT2D eigenvalue weighted by Crippen LogP contribution is 2.31. The van der Waals surface area contributed by atoms with E-state index in [9.17, 15) is 8.42 Å². The van der Waals surface area contributed by atoms with Crippen molar-refractivity contribution >= 4 is 26.1 Å². The number of nitrogens with zero attached hydrogens (tertiary/aromatic N) is 1. The average molecular weight is 325 g/mol. The molecule has 2 rings (SSSR count). The molecule has 0 spiro atoms. The van der Waals surface area contributed by atoms with Gasteiger partial charge in [0.05, 0.1) is 0 Å². The Morgan fingerprint density at radius 3 is 2.41 bits per heavy atom. The number of hydrogen-bond acceptors (Lipinski definition) is 2. The zero-order valence-electron chi connectivity index (χ0n) is 10.1. The molecule has 1 N–H and O–H groups in total. The van der Waals surface area contributed by atoms with Crippen molar-refractivity contribution in [3.05, 3.63) is 0 Å². The van der Waals surface area contributed by atoms with Crippen molar-refractivity contribution in [3.63, 3.8) is 0 Å². The molecule has 1 heterocycles. The van der Waals surface area contributed by atoms with Crippen LogP contribution in [-0.2, 0) is 10.2 Å². The summed E-state index contributed by atoms with van der Waals surface area (Å²) >= 11 is 3.62. The van der Waals surface area contributed by atoms with Gasteiger partial charge in [0.2, 0.25) is 0 Å². The molecule has 1 aliphatic carbocycles. The second-order valence-corrected chi connectivity index (χ2v) is 7.95. The van der Waals surface area contributed by atoms with Crippen LogP contribution in [0.1, 0.15) is 38.5 Å². The van der Waals surface area contributed by atoms with Crippen molar-refractivity contribution in [1.82, 2.24) is 9.03 Å². The van der Waals surface area contributed by atoms with E-state index in [1.165, 1.54) is 6.42 Å². The molecule has 2 fully saturated rings. The first kappa shape index (κ1) is 13.8. The highest BCUT2D eigenvalue weighted by Gasteiger charge is 2.28. The topological polar surface area (TPSA) is 49.4 Å². The summed E-state index contributed by atoms with van der Waals surface area (Å²) in [7, 11) is -3.23. The highest BCUT2D eigenvalue weighted by atomic mass is 79.9. The maximum absolute atomic E-state index is 12.0.